The Kier molecular flexibility index (Phi) is 5.10. The maximum absolute atomic E-state index is 11.8. The first-order chi connectivity index (χ1) is 11.7. The Balaban J connectivity index is 1.69. The third-order valence-corrected chi connectivity index (χ3v) is 4.29. The van der Waals surface area contributed by atoms with Crippen LogP contribution in [-0.2, 0) is 11.3 Å². The van der Waals surface area contributed by atoms with Gasteiger partial charge in [0.15, 0.2) is 0 Å². The molecule has 128 valence electrons. The van der Waals surface area contributed by atoms with Gasteiger partial charge in [0.2, 0.25) is 11.8 Å². The van der Waals surface area contributed by atoms with Crippen LogP contribution in [0.5, 0.6) is 5.75 Å². The van der Waals surface area contributed by atoms with Crippen LogP contribution in [0.15, 0.2) is 28.7 Å². The van der Waals surface area contributed by atoms with Crippen LogP contribution in [0, 0.1) is 5.92 Å². The molecule has 1 N–H and O–H groups in total. The molecule has 1 fully saturated rings. The lowest BCUT2D eigenvalue weighted by Crippen LogP contribution is -2.41. The fourth-order valence-electron chi connectivity index (χ4n) is 3.06. The largest absolute Gasteiger partial charge is 0.496 e. The molecule has 2 aromatic rings. The van der Waals surface area contributed by atoms with E-state index >= 15 is 0 Å². The number of likely N-dealkylation sites (tertiary alicyclic amines) is 1. The predicted octanol–water partition coefficient (Wildman–Crippen LogP) is 1.70. The van der Waals surface area contributed by atoms with Crippen LogP contribution in [0.1, 0.15) is 18.7 Å². The summed E-state index contributed by atoms with van der Waals surface area (Å²) >= 11 is 0. The lowest BCUT2D eigenvalue weighted by Gasteiger charge is -2.30. The maximum Gasteiger partial charge on any atom is 0.251 e. The first-order valence-corrected chi connectivity index (χ1v) is 8.11. The maximum atomic E-state index is 11.8. The molecule has 7 nitrogen and oxygen atoms in total. The summed E-state index contributed by atoms with van der Waals surface area (Å²) < 4.78 is 11.1. The fraction of sp³-hybridized carbons (Fsp3) is 0.471. The molecule has 1 amide bonds. The summed E-state index contributed by atoms with van der Waals surface area (Å²) in [6.07, 6.45) is 1.91. The van der Waals surface area contributed by atoms with E-state index in [4.69, 9.17) is 9.15 Å². The lowest BCUT2D eigenvalue weighted by molar-refractivity contribution is -0.126. The van der Waals surface area contributed by atoms with Crippen LogP contribution < -0.4 is 10.1 Å². The van der Waals surface area contributed by atoms with E-state index in [1.54, 1.807) is 14.2 Å². The topological polar surface area (TPSA) is 80.5 Å². The number of hydrogen-bond donors (Lipinski definition) is 1. The van der Waals surface area contributed by atoms with Crippen molar-refractivity contribution in [1.29, 1.82) is 0 Å². The highest BCUT2D eigenvalue weighted by Gasteiger charge is 2.26. The van der Waals surface area contributed by atoms with Crippen molar-refractivity contribution in [2.45, 2.75) is 19.4 Å². The monoisotopic (exact) mass is 330 g/mol. The van der Waals surface area contributed by atoms with E-state index in [-0.39, 0.29) is 11.8 Å². The molecule has 0 saturated carbocycles. The van der Waals surface area contributed by atoms with Gasteiger partial charge < -0.3 is 14.5 Å². The van der Waals surface area contributed by atoms with Gasteiger partial charge >= 0.3 is 0 Å². The molecule has 1 saturated heterocycles. The minimum Gasteiger partial charge on any atom is -0.496 e. The second-order valence-electron chi connectivity index (χ2n) is 5.89. The first kappa shape index (κ1) is 16.4. The fourth-order valence-corrected chi connectivity index (χ4v) is 3.06. The van der Waals surface area contributed by atoms with Crippen LogP contribution in [-0.4, -0.2) is 48.3 Å². The molecule has 0 aliphatic carbocycles. The number of carbonyl (C=O) groups is 1. The molecule has 1 aliphatic heterocycles. The summed E-state index contributed by atoms with van der Waals surface area (Å²) in [5.74, 6) is 1.82. The number of carbonyl (C=O) groups excluding carboxylic acids is 1. The number of piperidine rings is 1. The Labute approximate surface area is 141 Å². The highest BCUT2D eigenvalue weighted by Crippen LogP contribution is 2.28. The number of nitrogens with one attached hydrogen (secondary N) is 1. The smallest absolute Gasteiger partial charge is 0.251 e. The highest BCUT2D eigenvalue weighted by molar-refractivity contribution is 5.78. The molecule has 1 unspecified atom stereocenters. The highest BCUT2D eigenvalue weighted by atomic mass is 16.5. The Bertz CT molecular complexity index is 701. The number of para-hydroxylation sites is 1. The Morgan fingerprint density at radius 1 is 1.42 bits per heavy atom. The SMILES string of the molecule is CNC(=O)C1CCCN(Cc2nnc(-c3ccccc3OC)o2)C1. The zero-order valence-electron chi connectivity index (χ0n) is 14.0. The van der Waals surface area contributed by atoms with Crippen molar-refractivity contribution in [3.8, 4) is 17.2 Å². The first-order valence-electron chi connectivity index (χ1n) is 8.11. The van der Waals surface area contributed by atoms with Crippen LogP contribution in [0.2, 0.25) is 0 Å². The molecule has 0 radical (unpaired) electrons. The Hall–Kier alpha value is -2.41. The van der Waals surface area contributed by atoms with Crippen LogP contribution in [0.3, 0.4) is 0 Å². The standard InChI is InChI=1S/C17H22N4O3/c1-18-16(22)12-6-5-9-21(10-12)11-15-19-20-17(24-15)13-7-3-4-8-14(13)23-2/h3-4,7-8,12H,5-6,9-11H2,1-2H3,(H,18,22). The van der Waals surface area contributed by atoms with Crippen LogP contribution in [0.25, 0.3) is 11.5 Å². The molecule has 0 spiro atoms. The number of methoxy groups -OCH3 is 1. The molecular formula is C17H22N4O3. The Morgan fingerprint density at radius 2 is 2.25 bits per heavy atom. The van der Waals surface area contributed by atoms with E-state index in [2.05, 4.69) is 20.4 Å². The number of ether oxygens (including phenoxy) is 1. The quantitative estimate of drug-likeness (QED) is 0.899. The second-order valence-corrected chi connectivity index (χ2v) is 5.89. The molecule has 1 aromatic carbocycles. The van der Waals surface area contributed by atoms with Crippen molar-refractivity contribution in [2.24, 2.45) is 5.92 Å². The average Bonchev–Trinajstić information content (AvgIpc) is 3.09. The number of benzene rings is 1. The van der Waals surface area contributed by atoms with E-state index < -0.39 is 0 Å². The zero-order valence-corrected chi connectivity index (χ0v) is 14.0. The van der Waals surface area contributed by atoms with Gasteiger partial charge in [-0.1, -0.05) is 12.1 Å². The third-order valence-electron chi connectivity index (χ3n) is 4.29. The molecule has 1 aromatic heterocycles. The van der Waals surface area contributed by atoms with Gasteiger partial charge in [-0.2, -0.15) is 0 Å². The van der Waals surface area contributed by atoms with Crippen molar-refractivity contribution in [2.75, 3.05) is 27.2 Å². The van der Waals surface area contributed by atoms with Gasteiger partial charge in [-0.15, -0.1) is 10.2 Å². The van der Waals surface area contributed by atoms with Gasteiger partial charge in [-0.25, -0.2) is 0 Å². The van der Waals surface area contributed by atoms with E-state index in [9.17, 15) is 4.79 Å². The average molecular weight is 330 g/mol. The molecule has 1 aliphatic rings. The second kappa shape index (κ2) is 7.44. The summed E-state index contributed by atoms with van der Waals surface area (Å²) in [7, 11) is 3.29. The van der Waals surface area contributed by atoms with Crippen molar-refractivity contribution in [3.63, 3.8) is 0 Å². The normalized spacial score (nSPS) is 18.3. The summed E-state index contributed by atoms with van der Waals surface area (Å²) in [5, 5.41) is 11.0. The van der Waals surface area contributed by atoms with Crippen LogP contribution in [0.4, 0.5) is 0 Å². The Morgan fingerprint density at radius 3 is 3.04 bits per heavy atom. The van der Waals surface area contributed by atoms with Gasteiger partial charge in [0.25, 0.3) is 5.89 Å². The molecule has 1 atom stereocenters. The number of aromatic nitrogens is 2. The number of hydrogen-bond acceptors (Lipinski definition) is 6. The van der Waals surface area contributed by atoms with Gasteiger partial charge in [0, 0.05) is 13.6 Å². The van der Waals surface area contributed by atoms with E-state index in [0.717, 1.165) is 24.9 Å². The zero-order chi connectivity index (χ0) is 16.9. The minimum atomic E-state index is 0.0281. The number of amides is 1. The van der Waals surface area contributed by atoms with Crippen molar-refractivity contribution in [3.05, 3.63) is 30.2 Å². The van der Waals surface area contributed by atoms with Gasteiger partial charge in [-0.3, -0.25) is 9.69 Å². The van der Waals surface area contributed by atoms with E-state index in [1.807, 2.05) is 24.3 Å². The summed E-state index contributed by atoms with van der Waals surface area (Å²) in [4.78, 5) is 14.0. The van der Waals surface area contributed by atoms with E-state index in [1.165, 1.54) is 0 Å². The van der Waals surface area contributed by atoms with Gasteiger partial charge in [-0.05, 0) is 31.5 Å². The molecular weight excluding hydrogens is 308 g/mol. The molecule has 7 heteroatoms. The van der Waals surface area contributed by atoms with E-state index in [0.29, 0.717) is 30.6 Å². The van der Waals surface area contributed by atoms with Crippen LogP contribution >= 0.6 is 0 Å². The van der Waals surface area contributed by atoms with Crippen molar-refractivity contribution >= 4 is 5.91 Å². The summed E-state index contributed by atoms with van der Waals surface area (Å²) in [5.41, 5.74) is 0.778. The number of nitrogens with zero attached hydrogens (tertiary/aromatic N) is 3. The summed E-state index contributed by atoms with van der Waals surface area (Å²) in [6, 6.07) is 7.54. The minimum absolute atomic E-state index is 0.0281. The van der Waals surface area contributed by atoms with Gasteiger partial charge in [0.1, 0.15) is 5.75 Å². The molecule has 2 heterocycles. The van der Waals surface area contributed by atoms with Gasteiger partial charge in [0.05, 0.1) is 25.1 Å². The summed E-state index contributed by atoms with van der Waals surface area (Å²) in [6.45, 7) is 2.20. The predicted molar refractivity (Wildman–Crippen MR) is 88.4 cm³/mol. The number of rotatable bonds is 5. The molecule has 0 bridgehead atoms. The third kappa shape index (κ3) is 3.56. The lowest BCUT2D eigenvalue weighted by atomic mass is 9.97. The molecule has 24 heavy (non-hydrogen) atoms. The van der Waals surface area contributed by atoms with Crippen molar-refractivity contribution in [1.82, 2.24) is 20.4 Å². The molecule has 3 rings (SSSR count). The van der Waals surface area contributed by atoms with Crippen molar-refractivity contribution < 1.29 is 13.9 Å².